The zero-order valence-corrected chi connectivity index (χ0v) is 15.4. The first-order valence-corrected chi connectivity index (χ1v) is 8.73. The van der Waals surface area contributed by atoms with E-state index in [0.717, 1.165) is 10.5 Å². The molecule has 0 atom stereocenters. The van der Waals surface area contributed by atoms with Crippen molar-refractivity contribution in [3.8, 4) is 11.5 Å². The predicted octanol–water partition coefficient (Wildman–Crippen LogP) is 1.11. The van der Waals surface area contributed by atoms with Crippen LogP contribution in [0.15, 0.2) is 36.4 Å². The van der Waals surface area contributed by atoms with E-state index in [0.29, 0.717) is 11.5 Å². The standard InChI is InChI=1S/C20H16N2O7/c1-22-18(24)13-4-3-12(7-14(13)19(22)25)20(26)27-9-17(23)21-8-11-2-5-15-16(6-11)29-10-28-15/h2-7H,8-10H2,1H3,(H,21,23). The van der Waals surface area contributed by atoms with Crippen LogP contribution in [0, 0.1) is 0 Å². The molecule has 2 aliphatic rings. The maximum atomic E-state index is 12.2. The van der Waals surface area contributed by atoms with Crippen LogP contribution in [0.25, 0.3) is 0 Å². The highest BCUT2D eigenvalue weighted by Gasteiger charge is 2.33. The number of amides is 3. The molecular weight excluding hydrogens is 380 g/mol. The number of rotatable bonds is 5. The van der Waals surface area contributed by atoms with E-state index < -0.39 is 30.3 Å². The minimum atomic E-state index is -0.763. The van der Waals surface area contributed by atoms with E-state index in [4.69, 9.17) is 14.2 Å². The molecule has 29 heavy (non-hydrogen) atoms. The van der Waals surface area contributed by atoms with Crippen molar-refractivity contribution >= 4 is 23.7 Å². The molecule has 0 radical (unpaired) electrons. The molecule has 0 saturated carbocycles. The van der Waals surface area contributed by atoms with E-state index in [1.807, 2.05) is 0 Å². The number of nitrogens with zero attached hydrogens (tertiary/aromatic N) is 1. The smallest absolute Gasteiger partial charge is 0.338 e. The zero-order valence-electron chi connectivity index (χ0n) is 15.4. The average Bonchev–Trinajstić information content (AvgIpc) is 3.29. The topological polar surface area (TPSA) is 111 Å². The van der Waals surface area contributed by atoms with E-state index in [1.54, 1.807) is 18.2 Å². The van der Waals surface area contributed by atoms with Crippen LogP contribution in [0.3, 0.4) is 0 Å². The molecule has 0 aromatic heterocycles. The van der Waals surface area contributed by atoms with Crippen molar-refractivity contribution in [3.63, 3.8) is 0 Å². The molecule has 2 aliphatic heterocycles. The first kappa shape index (κ1) is 18.5. The number of benzene rings is 2. The Morgan fingerprint density at radius 3 is 2.62 bits per heavy atom. The lowest BCUT2D eigenvalue weighted by Gasteiger charge is -2.08. The summed E-state index contributed by atoms with van der Waals surface area (Å²) >= 11 is 0. The second kappa shape index (κ2) is 7.27. The second-order valence-corrected chi connectivity index (χ2v) is 6.47. The Bertz CT molecular complexity index is 1050. The van der Waals surface area contributed by atoms with Crippen LogP contribution in [0.5, 0.6) is 11.5 Å². The Labute approximate surface area is 165 Å². The molecule has 3 amide bonds. The SMILES string of the molecule is CN1C(=O)c2ccc(C(=O)OCC(=O)NCc3ccc4c(c3)OCO4)cc2C1=O. The van der Waals surface area contributed by atoms with E-state index >= 15 is 0 Å². The summed E-state index contributed by atoms with van der Waals surface area (Å²) < 4.78 is 15.5. The van der Waals surface area contributed by atoms with Gasteiger partial charge in [-0.1, -0.05) is 6.07 Å². The van der Waals surface area contributed by atoms with Gasteiger partial charge in [-0.25, -0.2) is 4.79 Å². The number of imide groups is 1. The van der Waals surface area contributed by atoms with E-state index in [9.17, 15) is 19.2 Å². The summed E-state index contributed by atoms with van der Waals surface area (Å²) in [6.07, 6.45) is 0. The molecule has 4 rings (SSSR count). The minimum Gasteiger partial charge on any atom is -0.454 e. The van der Waals surface area contributed by atoms with Crippen LogP contribution >= 0.6 is 0 Å². The van der Waals surface area contributed by atoms with E-state index in [-0.39, 0.29) is 30.0 Å². The quantitative estimate of drug-likeness (QED) is 0.595. The Balaban J connectivity index is 1.31. The minimum absolute atomic E-state index is 0.0868. The normalized spacial score (nSPS) is 14.0. The molecule has 0 aliphatic carbocycles. The largest absolute Gasteiger partial charge is 0.454 e. The summed E-state index contributed by atoms with van der Waals surface area (Å²) in [5, 5.41) is 2.64. The zero-order chi connectivity index (χ0) is 20.5. The van der Waals surface area contributed by atoms with Gasteiger partial charge >= 0.3 is 5.97 Å². The lowest BCUT2D eigenvalue weighted by atomic mass is 10.1. The number of nitrogens with one attached hydrogen (secondary N) is 1. The van der Waals surface area contributed by atoms with Crippen LogP contribution in [-0.4, -0.2) is 49.0 Å². The molecule has 1 N–H and O–H groups in total. The van der Waals surface area contributed by atoms with Crippen molar-refractivity contribution in [2.24, 2.45) is 0 Å². The molecule has 9 nitrogen and oxygen atoms in total. The predicted molar refractivity (Wildman–Crippen MR) is 97.6 cm³/mol. The highest BCUT2D eigenvalue weighted by Crippen LogP contribution is 2.32. The number of carbonyl (C=O) groups is 4. The van der Waals surface area contributed by atoms with Crippen molar-refractivity contribution in [2.75, 3.05) is 20.4 Å². The van der Waals surface area contributed by atoms with E-state index in [1.165, 1.54) is 25.2 Å². The molecule has 0 unspecified atom stereocenters. The van der Waals surface area contributed by atoms with Crippen molar-refractivity contribution in [3.05, 3.63) is 58.7 Å². The van der Waals surface area contributed by atoms with Gasteiger partial charge in [-0.3, -0.25) is 19.3 Å². The Morgan fingerprint density at radius 1 is 1.03 bits per heavy atom. The van der Waals surface area contributed by atoms with E-state index in [2.05, 4.69) is 5.32 Å². The van der Waals surface area contributed by atoms with Gasteiger partial charge in [-0.15, -0.1) is 0 Å². The lowest BCUT2D eigenvalue weighted by molar-refractivity contribution is -0.124. The number of hydrogen-bond acceptors (Lipinski definition) is 7. The molecule has 2 heterocycles. The van der Waals surface area contributed by atoms with Gasteiger partial charge in [0, 0.05) is 13.6 Å². The van der Waals surface area contributed by atoms with Crippen LogP contribution in [-0.2, 0) is 16.1 Å². The van der Waals surface area contributed by atoms with Gasteiger partial charge in [-0.2, -0.15) is 0 Å². The maximum Gasteiger partial charge on any atom is 0.338 e. The summed E-state index contributed by atoms with van der Waals surface area (Å²) in [5.74, 6) is -0.897. The van der Waals surface area contributed by atoms with Gasteiger partial charge in [0.1, 0.15) is 0 Å². The molecule has 0 saturated heterocycles. The fourth-order valence-corrected chi connectivity index (χ4v) is 3.01. The summed E-state index contributed by atoms with van der Waals surface area (Å²) in [6.45, 7) is -0.0814. The summed E-state index contributed by atoms with van der Waals surface area (Å²) in [7, 11) is 1.37. The number of fused-ring (bicyclic) bond motifs is 2. The van der Waals surface area contributed by atoms with Crippen molar-refractivity contribution in [2.45, 2.75) is 6.54 Å². The third kappa shape index (κ3) is 3.49. The fourth-order valence-electron chi connectivity index (χ4n) is 3.01. The highest BCUT2D eigenvalue weighted by molar-refractivity contribution is 6.21. The first-order chi connectivity index (χ1) is 13.9. The monoisotopic (exact) mass is 396 g/mol. The van der Waals surface area contributed by atoms with Gasteiger partial charge < -0.3 is 19.5 Å². The molecule has 0 spiro atoms. The van der Waals surface area contributed by atoms with Crippen LogP contribution in [0.4, 0.5) is 0 Å². The Morgan fingerprint density at radius 2 is 1.79 bits per heavy atom. The van der Waals surface area contributed by atoms with Gasteiger partial charge in [0.15, 0.2) is 18.1 Å². The molecule has 0 bridgehead atoms. The average molecular weight is 396 g/mol. The number of hydrogen-bond donors (Lipinski definition) is 1. The number of carbonyl (C=O) groups excluding carboxylic acids is 4. The molecule has 2 aromatic carbocycles. The van der Waals surface area contributed by atoms with Crippen LogP contribution in [0.2, 0.25) is 0 Å². The van der Waals surface area contributed by atoms with Gasteiger partial charge in [0.2, 0.25) is 6.79 Å². The maximum absolute atomic E-state index is 12.2. The first-order valence-electron chi connectivity index (χ1n) is 8.73. The fraction of sp³-hybridized carbons (Fsp3) is 0.200. The van der Waals surface area contributed by atoms with Crippen molar-refractivity contribution < 1.29 is 33.4 Å². The number of esters is 1. The third-order valence-electron chi connectivity index (χ3n) is 4.59. The Hall–Kier alpha value is -3.88. The summed E-state index contributed by atoms with van der Waals surface area (Å²) in [6, 6.07) is 9.38. The van der Waals surface area contributed by atoms with Gasteiger partial charge in [-0.05, 0) is 35.9 Å². The molecule has 2 aromatic rings. The molecule has 0 fully saturated rings. The van der Waals surface area contributed by atoms with Crippen LogP contribution in [0.1, 0.15) is 36.6 Å². The van der Waals surface area contributed by atoms with Crippen LogP contribution < -0.4 is 14.8 Å². The van der Waals surface area contributed by atoms with Crippen molar-refractivity contribution in [1.29, 1.82) is 0 Å². The summed E-state index contributed by atoms with van der Waals surface area (Å²) in [4.78, 5) is 49.0. The van der Waals surface area contributed by atoms with Crippen molar-refractivity contribution in [1.82, 2.24) is 10.2 Å². The highest BCUT2D eigenvalue weighted by atomic mass is 16.7. The number of ether oxygens (including phenoxy) is 3. The van der Waals surface area contributed by atoms with Gasteiger partial charge in [0.25, 0.3) is 17.7 Å². The Kier molecular flexibility index (Phi) is 4.63. The second-order valence-electron chi connectivity index (χ2n) is 6.47. The molecule has 148 valence electrons. The third-order valence-corrected chi connectivity index (χ3v) is 4.59. The lowest BCUT2D eigenvalue weighted by Crippen LogP contribution is -2.28. The molecular formula is C20H16N2O7. The molecule has 9 heteroatoms. The summed E-state index contributed by atoms with van der Waals surface area (Å²) in [5.41, 5.74) is 1.26. The van der Waals surface area contributed by atoms with Gasteiger partial charge in [0.05, 0.1) is 16.7 Å².